The maximum absolute atomic E-state index is 4.89. The van der Waals surface area contributed by atoms with Crippen molar-refractivity contribution in [2.24, 2.45) is 0 Å². The average Bonchev–Trinajstić information content (AvgIpc) is 3.01. The SMILES string of the molecule is Cc1cccc(-c2nc(-c3ccc(-c4ccc(-c5ccc(C(C)(C)C)cc5)cn4)cc3)nc(-c3cccc(C)c3)n2)c1. The number of benzene rings is 4. The summed E-state index contributed by atoms with van der Waals surface area (Å²) in [5.41, 5.74) is 10.9. The van der Waals surface area contributed by atoms with Crippen LogP contribution in [0.3, 0.4) is 0 Å². The van der Waals surface area contributed by atoms with Crippen molar-refractivity contribution in [3.05, 3.63) is 132 Å². The maximum Gasteiger partial charge on any atom is 0.164 e. The van der Waals surface area contributed by atoms with Crippen molar-refractivity contribution < 1.29 is 0 Å². The van der Waals surface area contributed by atoms with E-state index in [9.17, 15) is 0 Å². The van der Waals surface area contributed by atoms with Gasteiger partial charge >= 0.3 is 0 Å². The molecule has 0 radical (unpaired) electrons. The summed E-state index contributed by atoms with van der Waals surface area (Å²) in [5, 5.41) is 0. The van der Waals surface area contributed by atoms with E-state index in [-0.39, 0.29) is 5.41 Å². The number of aromatic nitrogens is 4. The molecule has 0 N–H and O–H groups in total. The van der Waals surface area contributed by atoms with Gasteiger partial charge in [0.1, 0.15) is 0 Å². The van der Waals surface area contributed by atoms with E-state index in [0.29, 0.717) is 17.5 Å². The minimum Gasteiger partial charge on any atom is -0.256 e. The van der Waals surface area contributed by atoms with Gasteiger partial charge in [0, 0.05) is 34.0 Å². The Morgan fingerprint density at radius 3 is 1.40 bits per heavy atom. The number of nitrogens with zero attached hydrogens (tertiary/aromatic N) is 4. The van der Waals surface area contributed by atoms with Gasteiger partial charge in [-0.2, -0.15) is 0 Å². The van der Waals surface area contributed by atoms with E-state index in [1.165, 1.54) is 11.1 Å². The van der Waals surface area contributed by atoms with Crippen LogP contribution in [0.4, 0.5) is 0 Å². The summed E-state index contributed by atoms with van der Waals surface area (Å²) in [4.78, 5) is 19.4. The summed E-state index contributed by atoms with van der Waals surface area (Å²) < 4.78 is 0. The molecule has 0 unspecified atom stereocenters. The number of hydrogen-bond acceptors (Lipinski definition) is 4. The van der Waals surface area contributed by atoms with Crippen molar-refractivity contribution in [2.45, 2.75) is 40.0 Å². The molecule has 0 aliphatic carbocycles. The second-order valence-electron chi connectivity index (χ2n) is 11.9. The van der Waals surface area contributed by atoms with E-state index in [4.69, 9.17) is 19.9 Å². The summed E-state index contributed by atoms with van der Waals surface area (Å²) in [6.07, 6.45) is 1.95. The zero-order chi connectivity index (χ0) is 29.3. The van der Waals surface area contributed by atoms with Crippen molar-refractivity contribution in [2.75, 3.05) is 0 Å². The molecule has 0 saturated heterocycles. The lowest BCUT2D eigenvalue weighted by molar-refractivity contribution is 0.590. The Labute approximate surface area is 248 Å². The largest absolute Gasteiger partial charge is 0.256 e. The molecular weight excluding hydrogens is 512 g/mol. The Hall–Kier alpha value is -4.96. The third-order valence-corrected chi connectivity index (χ3v) is 7.47. The molecule has 2 heterocycles. The van der Waals surface area contributed by atoms with E-state index < -0.39 is 0 Å². The molecule has 0 fully saturated rings. The number of hydrogen-bond donors (Lipinski definition) is 0. The predicted octanol–water partition coefficient (Wildman–Crippen LogP) is 9.52. The molecular formula is C38H34N4. The van der Waals surface area contributed by atoms with Crippen LogP contribution in [0.15, 0.2) is 115 Å². The van der Waals surface area contributed by atoms with Gasteiger partial charge in [0.25, 0.3) is 0 Å². The summed E-state index contributed by atoms with van der Waals surface area (Å²) in [5.74, 6) is 1.97. The Kier molecular flexibility index (Phi) is 7.22. The van der Waals surface area contributed by atoms with Crippen LogP contribution in [0, 0.1) is 13.8 Å². The lowest BCUT2D eigenvalue weighted by atomic mass is 9.86. The fraction of sp³-hybridized carbons (Fsp3) is 0.158. The monoisotopic (exact) mass is 546 g/mol. The van der Waals surface area contributed by atoms with Crippen LogP contribution in [0.1, 0.15) is 37.5 Å². The Morgan fingerprint density at radius 2 is 0.929 bits per heavy atom. The molecule has 42 heavy (non-hydrogen) atoms. The van der Waals surface area contributed by atoms with Crippen LogP contribution in [-0.2, 0) is 5.41 Å². The van der Waals surface area contributed by atoms with Gasteiger partial charge in [0.15, 0.2) is 17.5 Å². The van der Waals surface area contributed by atoms with Crippen molar-refractivity contribution >= 4 is 0 Å². The average molecular weight is 547 g/mol. The molecule has 0 aliphatic rings. The maximum atomic E-state index is 4.89. The second kappa shape index (κ2) is 11.1. The molecule has 4 aromatic carbocycles. The molecule has 206 valence electrons. The van der Waals surface area contributed by atoms with Gasteiger partial charge in [-0.05, 0) is 48.6 Å². The minimum absolute atomic E-state index is 0.137. The van der Waals surface area contributed by atoms with Crippen molar-refractivity contribution in [3.63, 3.8) is 0 Å². The molecule has 0 bridgehead atoms. The van der Waals surface area contributed by atoms with Gasteiger partial charge in [-0.3, -0.25) is 4.98 Å². The Balaban J connectivity index is 1.31. The predicted molar refractivity (Wildman–Crippen MR) is 173 cm³/mol. The Morgan fingerprint density at radius 1 is 0.452 bits per heavy atom. The highest BCUT2D eigenvalue weighted by Gasteiger charge is 2.14. The molecule has 6 aromatic rings. The molecule has 0 aliphatic heterocycles. The van der Waals surface area contributed by atoms with Crippen molar-refractivity contribution in [1.29, 1.82) is 0 Å². The van der Waals surface area contributed by atoms with E-state index in [1.807, 2.05) is 30.5 Å². The highest BCUT2D eigenvalue weighted by molar-refractivity contribution is 5.71. The molecule has 0 atom stereocenters. The zero-order valence-electron chi connectivity index (χ0n) is 24.8. The molecule has 4 heteroatoms. The number of pyridine rings is 1. The zero-order valence-corrected chi connectivity index (χ0v) is 24.8. The standard InChI is InChI=1S/C38H34N4/c1-25-8-6-10-30(22-25)36-40-35(41-37(42-36)31-11-7-9-26(2)23-31)29-14-12-28(13-15-29)34-21-18-32(24-39-34)27-16-19-33(20-17-27)38(3,4)5/h6-24H,1-5H3. The highest BCUT2D eigenvalue weighted by atomic mass is 15.0. The molecule has 0 saturated carbocycles. The summed E-state index contributed by atoms with van der Waals surface area (Å²) in [7, 11) is 0. The minimum atomic E-state index is 0.137. The third kappa shape index (κ3) is 5.89. The van der Waals surface area contributed by atoms with Gasteiger partial charge in [0.2, 0.25) is 0 Å². The summed E-state index contributed by atoms with van der Waals surface area (Å²) >= 11 is 0. The van der Waals surface area contributed by atoms with Crippen molar-refractivity contribution in [3.8, 4) is 56.5 Å². The highest BCUT2D eigenvalue weighted by Crippen LogP contribution is 2.29. The van der Waals surface area contributed by atoms with Crippen LogP contribution in [-0.4, -0.2) is 19.9 Å². The number of aryl methyl sites for hydroxylation is 2. The Bertz CT molecular complexity index is 1780. The normalized spacial score (nSPS) is 11.5. The topological polar surface area (TPSA) is 51.6 Å². The molecule has 0 spiro atoms. The first-order valence-corrected chi connectivity index (χ1v) is 14.3. The van der Waals surface area contributed by atoms with E-state index in [2.05, 4.69) is 120 Å². The fourth-order valence-electron chi connectivity index (χ4n) is 5.02. The van der Waals surface area contributed by atoms with Crippen molar-refractivity contribution in [1.82, 2.24) is 19.9 Å². The van der Waals surface area contributed by atoms with E-state index >= 15 is 0 Å². The van der Waals surface area contributed by atoms with Gasteiger partial charge in [-0.25, -0.2) is 15.0 Å². The van der Waals surface area contributed by atoms with Crippen LogP contribution in [0.2, 0.25) is 0 Å². The van der Waals surface area contributed by atoms with Crippen LogP contribution >= 0.6 is 0 Å². The summed E-state index contributed by atoms with van der Waals surface area (Å²) in [6, 6.07) is 37.8. The molecule has 4 nitrogen and oxygen atoms in total. The lowest BCUT2D eigenvalue weighted by Gasteiger charge is -2.19. The molecule has 2 aromatic heterocycles. The van der Waals surface area contributed by atoms with Gasteiger partial charge < -0.3 is 0 Å². The molecule has 6 rings (SSSR count). The first-order chi connectivity index (χ1) is 20.2. The van der Waals surface area contributed by atoms with Crippen LogP contribution in [0.25, 0.3) is 56.5 Å². The quantitative estimate of drug-likeness (QED) is 0.216. The number of rotatable bonds is 5. The van der Waals surface area contributed by atoms with Gasteiger partial charge in [-0.15, -0.1) is 0 Å². The summed E-state index contributed by atoms with van der Waals surface area (Å²) in [6.45, 7) is 10.9. The van der Waals surface area contributed by atoms with Gasteiger partial charge in [0.05, 0.1) is 5.69 Å². The second-order valence-corrected chi connectivity index (χ2v) is 11.9. The van der Waals surface area contributed by atoms with E-state index in [1.54, 1.807) is 0 Å². The first kappa shape index (κ1) is 27.2. The van der Waals surface area contributed by atoms with Crippen LogP contribution < -0.4 is 0 Å². The lowest BCUT2D eigenvalue weighted by Crippen LogP contribution is -2.10. The van der Waals surface area contributed by atoms with Crippen LogP contribution in [0.5, 0.6) is 0 Å². The fourth-order valence-corrected chi connectivity index (χ4v) is 5.02. The first-order valence-electron chi connectivity index (χ1n) is 14.3. The van der Waals surface area contributed by atoms with E-state index in [0.717, 1.165) is 44.6 Å². The molecule has 0 amide bonds. The third-order valence-electron chi connectivity index (χ3n) is 7.47. The smallest absolute Gasteiger partial charge is 0.164 e. The van der Waals surface area contributed by atoms with Gasteiger partial charge in [-0.1, -0.05) is 123 Å².